The van der Waals surface area contributed by atoms with Crippen molar-refractivity contribution in [1.82, 2.24) is 10.3 Å². The van der Waals surface area contributed by atoms with Gasteiger partial charge in [0.15, 0.2) is 5.78 Å². The van der Waals surface area contributed by atoms with Gasteiger partial charge >= 0.3 is 6.03 Å². The molecule has 1 atom stereocenters. The van der Waals surface area contributed by atoms with Crippen LogP contribution in [-0.2, 0) is 9.59 Å². The van der Waals surface area contributed by atoms with Gasteiger partial charge in [-0.1, -0.05) is 51.1 Å². The number of amides is 3. The number of ketones is 1. The Kier molecular flexibility index (Phi) is 7.64. The summed E-state index contributed by atoms with van der Waals surface area (Å²) in [5.41, 5.74) is 3.19. The molecule has 0 radical (unpaired) electrons. The van der Waals surface area contributed by atoms with Crippen LogP contribution in [-0.4, -0.2) is 54.2 Å². The van der Waals surface area contributed by atoms with Crippen LogP contribution in [0.4, 0.5) is 21.9 Å². The Hall–Kier alpha value is -4.53. The van der Waals surface area contributed by atoms with Gasteiger partial charge in [0.1, 0.15) is 0 Å². The standard InChI is InChI=1S/C31H34N6O3/c1-31(2,3)26(38)20-37-25-15-5-4-13-23(25)27(24-14-6-7-16-32-24)34-28(29(37)39)35-30(40)33-21-11-10-12-22(19-21)36-17-8-9-18-36/h4-7,10-16,19,28H,8-9,17-18,20H2,1-3H3,(H2,33,35,40)/t28-/m1/s1. The number of fused-ring (bicyclic) bond motifs is 1. The Morgan fingerprint density at radius 3 is 2.45 bits per heavy atom. The molecule has 0 unspecified atom stereocenters. The van der Waals surface area contributed by atoms with Crippen LogP contribution in [0.15, 0.2) is 77.9 Å². The van der Waals surface area contributed by atoms with E-state index in [9.17, 15) is 14.4 Å². The van der Waals surface area contributed by atoms with E-state index < -0.39 is 23.5 Å². The van der Waals surface area contributed by atoms with Gasteiger partial charge in [-0.25, -0.2) is 9.79 Å². The topological polar surface area (TPSA) is 107 Å². The van der Waals surface area contributed by atoms with Gasteiger partial charge < -0.3 is 20.4 Å². The van der Waals surface area contributed by atoms with Gasteiger partial charge in [0, 0.05) is 41.6 Å². The number of carbonyl (C=O) groups excluding carboxylic acids is 3. The number of aromatic nitrogens is 1. The lowest BCUT2D eigenvalue weighted by Gasteiger charge is -2.28. The highest BCUT2D eigenvalue weighted by Gasteiger charge is 2.36. The molecule has 5 rings (SSSR count). The molecule has 3 amide bonds. The van der Waals surface area contributed by atoms with Crippen molar-refractivity contribution < 1.29 is 14.4 Å². The van der Waals surface area contributed by atoms with Gasteiger partial charge in [0.05, 0.1) is 23.6 Å². The number of hydrogen-bond acceptors (Lipinski definition) is 6. The third kappa shape index (κ3) is 5.88. The predicted molar refractivity (Wildman–Crippen MR) is 157 cm³/mol. The summed E-state index contributed by atoms with van der Waals surface area (Å²) in [5.74, 6) is -0.615. The van der Waals surface area contributed by atoms with Crippen molar-refractivity contribution in [1.29, 1.82) is 0 Å². The predicted octanol–water partition coefficient (Wildman–Crippen LogP) is 4.63. The van der Waals surface area contributed by atoms with E-state index in [1.807, 2.05) is 63.2 Å². The molecule has 1 saturated heterocycles. The average molecular weight is 539 g/mol. The minimum Gasteiger partial charge on any atom is -0.371 e. The van der Waals surface area contributed by atoms with Crippen molar-refractivity contribution in [3.8, 4) is 0 Å². The number of para-hydroxylation sites is 1. The number of Topliss-reactive ketones (excluding diaryl/α,β-unsaturated/α-hetero) is 1. The normalized spacial score (nSPS) is 17.1. The summed E-state index contributed by atoms with van der Waals surface area (Å²) in [6, 6.07) is 19.8. The summed E-state index contributed by atoms with van der Waals surface area (Å²) in [7, 11) is 0. The highest BCUT2D eigenvalue weighted by Crippen LogP contribution is 2.29. The summed E-state index contributed by atoms with van der Waals surface area (Å²) < 4.78 is 0. The van der Waals surface area contributed by atoms with Gasteiger partial charge in [-0.3, -0.25) is 14.6 Å². The maximum atomic E-state index is 14.0. The Morgan fingerprint density at radius 2 is 1.73 bits per heavy atom. The molecule has 1 aromatic heterocycles. The van der Waals surface area contributed by atoms with Crippen molar-refractivity contribution in [3.63, 3.8) is 0 Å². The fourth-order valence-electron chi connectivity index (χ4n) is 4.82. The molecule has 40 heavy (non-hydrogen) atoms. The molecule has 0 bridgehead atoms. The first kappa shape index (κ1) is 27.1. The fourth-order valence-corrected chi connectivity index (χ4v) is 4.82. The third-order valence-electron chi connectivity index (χ3n) is 7.10. The maximum Gasteiger partial charge on any atom is 0.321 e. The minimum atomic E-state index is -1.28. The van der Waals surface area contributed by atoms with Crippen LogP contribution in [0, 0.1) is 5.41 Å². The number of rotatable bonds is 6. The lowest BCUT2D eigenvalue weighted by atomic mass is 9.90. The zero-order valence-electron chi connectivity index (χ0n) is 23.1. The van der Waals surface area contributed by atoms with Crippen LogP contribution in [0.5, 0.6) is 0 Å². The lowest BCUT2D eigenvalue weighted by Crippen LogP contribution is -2.50. The van der Waals surface area contributed by atoms with Crippen LogP contribution in [0.2, 0.25) is 0 Å². The molecule has 3 aromatic rings. The summed E-state index contributed by atoms with van der Waals surface area (Å²) in [4.78, 5) is 53.2. The second-order valence-corrected chi connectivity index (χ2v) is 11.1. The van der Waals surface area contributed by atoms with Crippen molar-refractivity contribution in [2.75, 3.05) is 34.8 Å². The molecule has 9 heteroatoms. The lowest BCUT2D eigenvalue weighted by molar-refractivity contribution is -0.127. The van der Waals surface area contributed by atoms with Crippen molar-refractivity contribution in [2.45, 2.75) is 39.8 Å². The number of benzene rings is 2. The average Bonchev–Trinajstić information content (AvgIpc) is 3.46. The van der Waals surface area contributed by atoms with Crippen molar-refractivity contribution in [3.05, 3.63) is 84.2 Å². The Labute approximate surface area is 234 Å². The van der Waals surface area contributed by atoms with E-state index in [0.29, 0.717) is 28.3 Å². The van der Waals surface area contributed by atoms with Crippen LogP contribution < -0.4 is 20.4 Å². The molecule has 206 valence electrons. The van der Waals surface area contributed by atoms with Crippen LogP contribution in [0.1, 0.15) is 44.9 Å². The van der Waals surface area contributed by atoms with Gasteiger partial charge in [-0.05, 0) is 49.2 Å². The SMILES string of the molecule is CC(C)(C)C(=O)CN1C(=O)[C@@H](NC(=O)Nc2cccc(N3CCCC3)c2)N=C(c2ccccn2)c2ccccc21. The van der Waals surface area contributed by atoms with Gasteiger partial charge in [-0.2, -0.15) is 0 Å². The first-order valence-corrected chi connectivity index (χ1v) is 13.6. The number of carbonyl (C=O) groups is 3. The molecule has 2 aromatic carbocycles. The second-order valence-electron chi connectivity index (χ2n) is 11.1. The van der Waals surface area contributed by atoms with Gasteiger partial charge in [0.25, 0.3) is 5.91 Å². The maximum absolute atomic E-state index is 14.0. The molecule has 0 aliphatic carbocycles. The van der Waals surface area contributed by atoms with Crippen LogP contribution in [0.25, 0.3) is 0 Å². The zero-order valence-corrected chi connectivity index (χ0v) is 23.1. The summed E-state index contributed by atoms with van der Waals surface area (Å²) in [6.45, 7) is 7.28. The van der Waals surface area contributed by atoms with Crippen LogP contribution >= 0.6 is 0 Å². The van der Waals surface area contributed by atoms with E-state index in [0.717, 1.165) is 31.6 Å². The van der Waals surface area contributed by atoms with Crippen molar-refractivity contribution in [2.24, 2.45) is 10.4 Å². The summed E-state index contributed by atoms with van der Waals surface area (Å²) in [6.07, 6.45) is 2.67. The zero-order chi connectivity index (χ0) is 28.3. The number of aliphatic imine (C=N–C) groups is 1. The number of nitrogens with zero attached hydrogens (tertiary/aromatic N) is 4. The Bertz CT molecular complexity index is 1440. The van der Waals surface area contributed by atoms with E-state index >= 15 is 0 Å². The van der Waals surface area contributed by atoms with Crippen LogP contribution in [0.3, 0.4) is 0 Å². The molecular weight excluding hydrogens is 504 g/mol. The molecule has 3 heterocycles. The quantitative estimate of drug-likeness (QED) is 0.476. The number of hydrogen-bond donors (Lipinski definition) is 2. The summed E-state index contributed by atoms with van der Waals surface area (Å²) in [5, 5.41) is 5.59. The summed E-state index contributed by atoms with van der Waals surface area (Å²) >= 11 is 0. The highest BCUT2D eigenvalue weighted by molar-refractivity contribution is 6.20. The Morgan fingerprint density at radius 1 is 0.975 bits per heavy atom. The van der Waals surface area contributed by atoms with E-state index in [1.54, 1.807) is 30.5 Å². The minimum absolute atomic E-state index is 0.112. The fraction of sp³-hybridized carbons (Fsp3) is 0.323. The highest BCUT2D eigenvalue weighted by atomic mass is 16.2. The largest absolute Gasteiger partial charge is 0.371 e. The van der Waals surface area contributed by atoms with E-state index in [4.69, 9.17) is 4.99 Å². The number of nitrogens with one attached hydrogen (secondary N) is 2. The molecule has 2 aliphatic rings. The molecule has 9 nitrogen and oxygen atoms in total. The monoisotopic (exact) mass is 538 g/mol. The van der Waals surface area contributed by atoms with Crippen molar-refractivity contribution >= 4 is 40.5 Å². The van der Waals surface area contributed by atoms with E-state index in [2.05, 4.69) is 20.5 Å². The van der Waals surface area contributed by atoms with E-state index in [-0.39, 0.29) is 12.3 Å². The first-order valence-electron chi connectivity index (χ1n) is 13.6. The van der Waals surface area contributed by atoms with Gasteiger partial charge in [0.2, 0.25) is 6.17 Å². The molecular formula is C31H34N6O3. The molecule has 2 N–H and O–H groups in total. The first-order chi connectivity index (χ1) is 19.2. The Balaban J connectivity index is 1.47. The smallest absolute Gasteiger partial charge is 0.321 e. The number of pyridine rings is 1. The number of anilines is 3. The third-order valence-corrected chi connectivity index (χ3v) is 7.10. The number of benzodiazepines with no additional fused rings is 1. The molecule has 0 saturated carbocycles. The molecule has 0 spiro atoms. The second kappa shape index (κ2) is 11.3. The molecule has 2 aliphatic heterocycles. The molecule has 1 fully saturated rings. The van der Waals surface area contributed by atoms with E-state index in [1.165, 1.54) is 4.90 Å². The van der Waals surface area contributed by atoms with Gasteiger partial charge in [-0.15, -0.1) is 0 Å². The number of urea groups is 1.